The fourth-order valence-electron chi connectivity index (χ4n) is 3.64. The third kappa shape index (κ3) is 4.27. The summed E-state index contributed by atoms with van der Waals surface area (Å²) in [7, 11) is 2.15. The Morgan fingerprint density at radius 3 is 2.69 bits per heavy atom. The molecule has 4 heterocycles. The van der Waals surface area contributed by atoms with Crippen molar-refractivity contribution in [2.75, 3.05) is 46.3 Å². The Morgan fingerprint density at radius 1 is 1.15 bits per heavy atom. The van der Waals surface area contributed by atoms with Crippen LogP contribution in [0.1, 0.15) is 5.76 Å². The highest BCUT2D eigenvalue weighted by Gasteiger charge is 2.36. The second-order valence-electron chi connectivity index (χ2n) is 7.02. The van der Waals surface area contributed by atoms with Gasteiger partial charge in [0.2, 0.25) is 0 Å². The topological polar surface area (TPSA) is 68.9 Å². The SMILES string of the molecule is CN1CCN([C@@H]2CN(Cc3ccc(Sc4ncccn4)o3)C[C@H]2O)CC1. The maximum atomic E-state index is 10.5. The number of likely N-dealkylation sites (tertiary alicyclic amines) is 1. The molecule has 2 fully saturated rings. The standard InChI is InChI=1S/C18H25N5O2S/c1-21-7-9-23(10-8-21)15-12-22(13-16(15)24)11-14-3-4-17(25-14)26-18-19-5-2-6-20-18/h2-6,15-16,24H,7-13H2,1H3/t15-,16-/m1/s1. The van der Waals surface area contributed by atoms with Crippen molar-refractivity contribution in [3.8, 4) is 0 Å². The quantitative estimate of drug-likeness (QED) is 0.777. The summed E-state index contributed by atoms with van der Waals surface area (Å²) < 4.78 is 5.92. The van der Waals surface area contributed by atoms with E-state index in [4.69, 9.17) is 4.42 Å². The van der Waals surface area contributed by atoms with Crippen LogP contribution in [0, 0.1) is 0 Å². The highest BCUT2D eigenvalue weighted by atomic mass is 32.2. The minimum Gasteiger partial charge on any atom is -0.453 e. The molecule has 2 aliphatic heterocycles. The fourth-order valence-corrected chi connectivity index (χ4v) is 4.33. The van der Waals surface area contributed by atoms with E-state index in [9.17, 15) is 5.11 Å². The largest absolute Gasteiger partial charge is 0.453 e. The maximum Gasteiger partial charge on any atom is 0.195 e. The third-order valence-corrected chi connectivity index (χ3v) is 5.91. The van der Waals surface area contributed by atoms with Crippen LogP contribution in [0.25, 0.3) is 0 Å². The Bertz CT molecular complexity index is 705. The molecule has 140 valence electrons. The first-order valence-corrected chi connectivity index (χ1v) is 9.85. The van der Waals surface area contributed by atoms with Crippen molar-refractivity contribution in [3.63, 3.8) is 0 Å². The number of hydrogen-bond donors (Lipinski definition) is 1. The normalized spacial score (nSPS) is 25.8. The lowest BCUT2D eigenvalue weighted by Crippen LogP contribution is -2.52. The fraction of sp³-hybridized carbons (Fsp3) is 0.556. The molecular formula is C18H25N5O2S. The minimum absolute atomic E-state index is 0.227. The summed E-state index contributed by atoms with van der Waals surface area (Å²) in [6.45, 7) is 6.51. The molecule has 2 atom stereocenters. The number of rotatable bonds is 5. The molecule has 0 spiro atoms. The van der Waals surface area contributed by atoms with E-state index < -0.39 is 0 Å². The molecule has 2 aromatic rings. The van der Waals surface area contributed by atoms with Crippen molar-refractivity contribution >= 4 is 11.8 Å². The van der Waals surface area contributed by atoms with Gasteiger partial charge in [-0.3, -0.25) is 9.80 Å². The van der Waals surface area contributed by atoms with E-state index in [-0.39, 0.29) is 12.1 Å². The molecule has 0 amide bonds. The Balaban J connectivity index is 1.32. The summed E-state index contributed by atoms with van der Waals surface area (Å²) >= 11 is 1.42. The average molecular weight is 375 g/mol. The monoisotopic (exact) mass is 375 g/mol. The van der Waals surface area contributed by atoms with Gasteiger partial charge in [-0.15, -0.1) is 0 Å². The molecule has 2 aliphatic rings. The lowest BCUT2D eigenvalue weighted by molar-refractivity contribution is 0.0512. The maximum absolute atomic E-state index is 10.5. The number of nitrogens with zero attached hydrogens (tertiary/aromatic N) is 5. The van der Waals surface area contributed by atoms with Gasteiger partial charge in [0.1, 0.15) is 5.76 Å². The number of likely N-dealkylation sites (N-methyl/N-ethyl adjacent to an activating group) is 1. The van der Waals surface area contributed by atoms with Gasteiger partial charge in [-0.05, 0) is 37.0 Å². The van der Waals surface area contributed by atoms with Gasteiger partial charge >= 0.3 is 0 Å². The van der Waals surface area contributed by atoms with Gasteiger partial charge in [-0.1, -0.05) is 0 Å². The van der Waals surface area contributed by atoms with Crippen LogP contribution in [0.2, 0.25) is 0 Å². The van der Waals surface area contributed by atoms with E-state index >= 15 is 0 Å². The van der Waals surface area contributed by atoms with Crippen LogP contribution in [-0.2, 0) is 6.54 Å². The highest BCUT2D eigenvalue weighted by molar-refractivity contribution is 7.99. The van der Waals surface area contributed by atoms with Crippen molar-refractivity contribution in [3.05, 3.63) is 36.4 Å². The first-order valence-electron chi connectivity index (χ1n) is 9.04. The lowest BCUT2D eigenvalue weighted by Gasteiger charge is -2.37. The second kappa shape index (κ2) is 8.06. The van der Waals surface area contributed by atoms with Gasteiger partial charge in [-0.2, -0.15) is 0 Å². The molecule has 2 saturated heterocycles. The molecule has 4 rings (SSSR count). The van der Waals surface area contributed by atoms with Crippen LogP contribution in [0.5, 0.6) is 0 Å². The third-order valence-electron chi connectivity index (χ3n) is 5.09. The van der Waals surface area contributed by atoms with Gasteiger partial charge < -0.3 is 14.4 Å². The molecule has 2 aromatic heterocycles. The summed E-state index contributed by atoms with van der Waals surface area (Å²) in [5.74, 6) is 0.912. The number of piperazine rings is 1. The van der Waals surface area contributed by atoms with Gasteiger partial charge in [0, 0.05) is 57.7 Å². The Labute approximate surface area is 158 Å². The zero-order valence-electron chi connectivity index (χ0n) is 15.0. The molecule has 0 radical (unpaired) electrons. The Morgan fingerprint density at radius 2 is 1.92 bits per heavy atom. The lowest BCUT2D eigenvalue weighted by atomic mass is 10.1. The molecule has 8 heteroatoms. The van der Waals surface area contributed by atoms with Crippen LogP contribution in [0.4, 0.5) is 0 Å². The van der Waals surface area contributed by atoms with Gasteiger partial charge in [0.15, 0.2) is 10.2 Å². The Kier molecular flexibility index (Phi) is 5.56. The van der Waals surface area contributed by atoms with Gasteiger partial charge in [0.25, 0.3) is 0 Å². The molecule has 26 heavy (non-hydrogen) atoms. The minimum atomic E-state index is -0.292. The van der Waals surface area contributed by atoms with Gasteiger partial charge in [-0.25, -0.2) is 9.97 Å². The number of aromatic nitrogens is 2. The number of hydrogen-bond acceptors (Lipinski definition) is 8. The number of β-amino-alcohol motifs (C(OH)–C–C–N with tert-alkyl or cyclic N) is 1. The number of aliphatic hydroxyl groups is 1. The zero-order chi connectivity index (χ0) is 17.9. The number of aliphatic hydroxyl groups excluding tert-OH is 1. The molecule has 0 unspecified atom stereocenters. The summed E-state index contributed by atoms with van der Waals surface area (Å²) in [5, 5.41) is 12.0. The molecule has 0 bridgehead atoms. The van der Waals surface area contributed by atoms with Crippen LogP contribution < -0.4 is 0 Å². The molecular weight excluding hydrogens is 350 g/mol. The summed E-state index contributed by atoms with van der Waals surface area (Å²) in [4.78, 5) is 15.5. The smallest absolute Gasteiger partial charge is 0.195 e. The first-order chi connectivity index (χ1) is 12.7. The summed E-state index contributed by atoms with van der Waals surface area (Å²) in [5.41, 5.74) is 0. The predicted molar refractivity (Wildman–Crippen MR) is 99.0 cm³/mol. The van der Waals surface area contributed by atoms with Crippen LogP contribution >= 0.6 is 11.8 Å². The molecule has 0 saturated carbocycles. The second-order valence-corrected chi connectivity index (χ2v) is 7.99. The molecule has 0 aromatic carbocycles. The van der Waals surface area contributed by atoms with Crippen molar-refractivity contribution in [1.82, 2.24) is 24.7 Å². The zero-order valence-corrected chi connectivity index (χ0v) is 15.8. The van der Waals surface area contributed by atoms with Crippen LogP contribution in [-0.4, -0.2) is 88.2 Å². The first kappa shape index (κ1) is 17.9. The average Bonchev–Trinajstić information content (AvgIpc) is 3.23. The van der Waals surface area contributed by atoms with Crippen LogP contribution in [0.15, 0.2) is 45.3 Å². The molecule has 7 nitrogen and oxygen atoms in total. The predicted octanol–water partition coefficient (Wildman–Crippen LogP) is 1.01. The molecule has 0 aliphatic carbocycles. The van der Waals surface area contributed by atoms with E-state index in [1.807, 2.05) is 12.1 Å². The van der Waals surface area contributed by atoms with Crippen molar-refractivity contribution in [2.45, 2.75) is 28.9 Å². The van der Waals surface area contributed by atoms with E-state index in [0.717, 1.165) is 50.1 Å². The number of furan rings is 1. The van der Waals surface area contributed by atoms with E-state index in [2.05, 4.69) is 31.7 Å². The van der Waals surface area contributed by atoms with Crippen molar-refractivity contribution in [2.24, 2.45) is 0 Å². The Hall–Kier alpha value is -1.45. The van der Waals surface area contributed by atoms with Crippen molar-refractivity contribution < 1.29 is 9.52 Å². The van der Waals surface area contributed by atoms with E-state index in [1.54, 1.807) is 18.5 Å². The van der Waals surface area contributed by atoms with Crippen LogP contribution in [0.3, 0.4) is 0 Å². The summed E-state index contributed by atoms with van der Waals surface area (Å²) in [6, 6.07) is 5.99. The van der Waals surface area contributed by atoms with E-state index in [1.165, 1.54) is 11.8 Å². The van der Waals surface area contributed by atoms with Gasteiger partial charge in [0.05, 0.1) is 12.6 Å². The van der Waals surface area contributed by atoms with Crippen molar-refractivity contribution in [1.29, 1.82) is 0 Å². The highest BCUT2D eigenvalue weighted by Crippen LogP contribution is 2.27. The summed E-state index contributed by atoms with van der Waals surface area (Å²) in [6.07, 6.45) is 3.16. The molecule has 1 N–H and O–H groups in total. The van der Waals surface area contributed by atoms with E-state index in [0.29, 0.717) is 11.7 Å².